The molecule has 0 fully saturated rings. The van der Waals surface area contributed by atoms with Crippen molar-refractivity contribution in [3.05, 3.63) is 0 Å². The smallest absolute Gasteiger partial charge is 0.00189 e. The van der Waals surface area contributed by atoms with Gasteiger partial charge in [-0.1, -0.05) is 91.4 Å². The predicted molar refractivity (Wildman–Crippen MR) is 93.5 cm³/mol. The lowest BCUT2D eigenvalue weighted by Crippen LogP contribution is -2.25. The van der Waals surface area contributed by atoms with Crippen LogP contribution < -0.4 is 0 Å². The van der Waals surface area contributed by atoms with Gasteiger partial charge in [-0.2, -0.15) is 0 Å². The average molecular weight is 284 g/mol. The molecule has 0 heterocycles. The molecule has 0 bridgehead atoms. The molecular weight excluding hydrogens is 242 g/mol. The minimum absolute atomic E-state index is 1.23. The summed E-state index contributed by atoms with van der Waals surface area (Å²) in [7, 11) is 0. The SMILES string of the molecule is CCCCCCCCCCCCCN(CC)CCCC. The lowest BCUT2D eigenvalue weighted by Gasteiger charge is -2.19. The molecule has 1 nitrogen and oxygen atoms in total. The Morgan fingerprint density at radius 3 is 1.30 bits per heavy atom. The molecule has 0 rings (SSSR count). The van der Waals surface area contributed by atoms with Crippen molar-refractivity contribution >= 4 is 0 Å². The fourth-order valence-electron chi connectivity index (χ4n) is 2.81. The number of nitrogens with zero attached hydrogens (tertiary/aromatic N) is 1. The molecule has 0 radical (unpaired) electrons. The van der Waals surface area contributed by atoms with E-state index in [0.29, 0.717) is 0 Å². The molecule has 0 amide bonds. The largest absolute Gasteiger partial charge is 0.304 e. The summed E-state index contributed by atoms with van der Waals surface area (Å²) < 4.78 is 0. The van der Waals surface area contributed by atoms with E-state index in [-0.39, 0.29) is 0 Å². The van der Waals surface area contributed by atoms with Crippen LogP contribution in [-0.2, 0) is 0 Å². The van der Waals surface area contributed by atoms with E-state index < -0.39 is 0 Å². The predicted octanol–water partition coefficient (Wildman–Crippen LogP) is 6.42. The van der Waals surface area contributed by atoms with Gasteiger partial charge in [0.1, 0.15) is 0 Å². The molecule has 0 atom stereocenters. The lowest BCUT2D eigenvalue weighted by atomic mass is 10.1. The van der Waals surface area contributed by atoms with Gasteiger partial charge in [0.15, 0.2) is 0 Å². The highest BCUT2D eigenvalue weighted by atomic mass is 15.1. The Kier molecular flexibility index (Phi) is 17.0. The second kappa shape index (κ2) is 17.0. The molecule has 0 aromatic heterocycles. The van der Waals surface area contributed by atoms with Crippen LogP contribution in [0.3, 0.4) is 0 Å². The molecule has 20 heavy (non-hydrogen) atoms. The van der Waals surface area contributed by atoms with Gasteiger partial charge in [-0.05, 0) is 32.5 Å². The van der Waals surface area contributed by atoms with E-state index in [1.807, 2.05) is 0 Å². The summed E-state index contributed by atoms with van der Waals surface area (Å²) in [6, 6.07) is 0. The number of hydrogen-bond donors (Lipinski definition) is 0. The topological polar surface area (TPSA) is 3.24 Å². The van der Waals surface area contributed by atoms with E-state index in [1.54, 1.807) is 0 Å². The Hall–Kier alpha value is -0.0400. The van der Waals surface area contributed by atoms with Crippen LogP contribution in [0.15, 0.2) is 0 Å². The first-order chi connectivity index (χ1) is 9.85. The zero-order chi connectivity index (χ0) is 14.9. The van der Waals surface area contributed by atoms with Crippen LogP contribution in [0.4, 0.5) is 0 Å². The first-order valence-corrected chi connectivity index (χ1v) is 9.57. The minimum atomic E-state index is 1.23. The molecule has 0 saturated heterocycles. The average Bonchev–Trinajstić information content (AvgIpc) is 2.48. The highest BCUT2D eigenvalue weighted by Crippen LogP contribution is 2.11. The number of hydrogen-bond acceptors (Lipinski definition) is 1. The molecule has 0 aliphatic heterocycles. The summed E-state index contributed by atoms with van der Waals surface area (Å²) in [5.74, 6) is 0. The van der Waals surface area contributed by atoms with Gasteiger partial charge in [-0.3, -0.25) is 0 Å². The van der Waals surface area contributed by atoms with Crippen molar-refractivity contribution in [2.45, 2.75) is 104 Å². The van der Waals surface area contributed by atoms with Crippen molar-refractivity contribution in [1.82, 2.24) is 4.90 Å². The van der Waals surface area contributed by atoms with Crippen molar-refractivity contribution in [2.24, 2.45) is 0 Å². The van der Waals surface area contributed by atoms with Crippen molar-refractivity contribution in [2.75, 3.05) is 19.6 Å². The lowest BCUT2D eigenvalue weighted by molar-refractivity contribution is 0.276. The van der Waals surface area contributed by atoms with E-state index in [9.17, 15) is 0 Å². The first kappa shape index (κ1) is 20.0. The van der Waals surface area contributed by atoms with Crippen LogP contribution in [0.2, 0.25) is 0 Å². The quantitative estimate of drug-likeness (QED) is 0.295. The number of rotatable bonds is 16. The standard InChI is InChI=1S/C19H41N/c1-4-7-9-10-11-12-13-14-15-16-17-19-20(6-3)18-8-5-2/h4-19H2,1-3H3. The van der Waals surface area contributed by atoms with Crippen LogP contribution in [0.25, 0.3) is 0 Å². The third-order valence-corrected chi connectivity index (χ3v) is 4.35. The summed E-state index contributed by atoms with van der Waals surface area (Å²) in [5, 5.41) is 0. The third-order valence-electron chi connectivity index (χ3n) is 4.35. The van der Waals surface area contributed by atoms with Gasteiger partial charge in [0.05, 0.1) is 0 Å². The van der Waals surface area contributed by atoms with Crippen molar-refractivity contribution in [1.29, 1.82) is 0 Å². The molecular formula is C19H41N. The molecule has 0 aliphatic carbocycles. The Bertz CT molecular complexity index is 167. The maximum Gasteiger partial charge on any atom is -0.00189 e. The van der Waals surface area contributed by atoms with Gasteiger partial charge in [0, 0.05) is 0 Å². The Morgan fingerprint density at radius 1 is 0.450 bits per heavy atom. The molecule has 0 saturated carbocycles. The van der Waals surface area contributed by atoms with Gasteiger partial charge in [0.25, 0.3) is 0 Å². The van der Waals surface area contributed by atoms with Gasteiger partial charge in [-0.25, -0.2) is 0 Å². The Labute approximate surface area is 129 Å². The Morgan fingerprint density at radius 2 is 0.850 bits per heavy atom. The molecule has 0 aliphatic rings. The van der Waals surface area contributed by atoms with Crippen LogP contribution in [0.1, 0.15) is 104 Å². The van der Waals surface area contributed by atoms with E-state index in [4.69, 9.17) is 0 Å². The fraction of sp³-hybridized carbons (Fsp3) is 1.00. The summed E-state index contributed by atoms with van der Waals surface area (Å²) in [6.45, 7) is 10.8. The van der Waals surface area contributed by atoms with Crippen molar-refractivity contribution < 1.29 is 0 Å². The van der Waals surface area contributed by atoms with Crippen LogP contribution in [0.5, 0.6) is 0 Å². The molecule has 1 heteroatoms. The molecule has 0 unspecified atom stereocenters. The van der Waals surface area contributed by atoms with Crippen LogP contribution in [-0.4, -0.2) is 24.5 Å². The monoisotopic (exact) mass is 283 g/mol. The summed E-state index contributed by atoms with van der Waals surface area (Å²) in [4.78, 5) is 2.62. The maximum atomic E-state index is 2.62. The van der Waals surface area contributed by atoms with E-state index >= 15 is 0 Å². The fourth-order valence-corrected chi connectivity index (χ4v) is 2.81. The molecule has 0 spiro atoms. The molecule has 0 aromatic rings. The van der Waals surface area contributed by atoms with Gasteiger partial charge in [0.2, 0.25) is 0 Å². The normalized spacial score (nSPS) is 11.4. The third kappa shape index (κ3) is 14.4. The molecule has 0 aromatic carbocycles. The first-order valence-electron chi connectivity index (χ1n) is 9.57. The van der Waals surface area contributed by atoms with Crippen molar-refractivity contribution in [3.63, 3.8) is 0 Å². The summed E-state index contributed by atoms with van der Waals surface area (Å²) in [5.41, 5.74) is 0. The van der Waals surface area contributed by atoms with Crippen LogP contribution >= 0.6 is 0 Å². The zero-order valence-electron chi connectivity index (χ0n) is 14.8. The van der Waals surface area contributed by atoms with Gasteiger partial charge in [-0.15, -0.1) is 0 Å². The van der Waals surface area contributed by atoms with E-state index in [1.165, 1.54) is 103 Å². The van der Waals surface area contributed by atoms with E-state index in [0.717, 1.165) is 0 Å². The number of unbranched alkanes of at least 4 members (excludes halogenated alkanes) is 11. The highest BCUT2D eigenvalue weighted by Gasteiger charge is 2.00. The second-order valence-electron chi connectivity index (χ2n) is 6.32. The molecule has 0 N–H and O–H groups in total. The second-order valence-corrected chi connectivity index (χ2v) is 6.32. The van der Waals surface area contributed by atoms with Gasteiger partial charge < -0.3 is 4.90 Å². The van der Waals surface area contributed by atoms with Crippen molar-refractivity contribution in [3.8, 4) is 0 Å². The summed E-state index contributed by atoms with van der Waals surface area (Å²) in [6.07, 6.45) is 18.6. The highest BCUT2D eigenvalue weighted by molar-refractivity contribution is 4.56. The Balaban J connectivity index is 3.15. The van der Waals surface area contributed by atoms with Crippen LogP contribution in [0, 0.1) is 0 Å². The molecule has 122 valence electrons. The van der Waals surface area contributed by atoms with E-state index in [2.05, 4.69) is 25.7 Å². The maximum absolute atomic E-state index is 2.62. The zero-order valence-corrected chi connectivity index (χ0v) is 14.8. The van der Waals surface area contributed by atoms with Gasteiger partial charge >= 0.3 is 0 Å². The summed E-state index contributed by atoms with van der Waals surface area (Å²) >= 11 is 0. The minimum Gasteiger partial charge on any atom is -0.304 e.